The number of carbonyl (C=O) groups excluding carboxylic acids is 2. The molecular weight excluding hydrogens is 354 g/mol. The number of nitrogens with one attached hydrogen (secondary N) is 1. The molecule has 3 aliphatic rings. The zero-order chi connectivity index (χ0) is 19.7. The molecule has 0 aliphatic carbocycles. The lowest BCUT2D eigenvalue weighted by molar-refractivity contribution is 0.0217. The molecule has 28 heavy (non-hydrogen) atoms. The van der Waals surface area contributed by atoms with Crippen LogP contribution in [0, 0.1) is 5.92 Å². The summed E-state index contributed by atoms with van der Waals surface area (Å²) in [5, 5.41) is 3.24. The highest BCUT2D eigenvalue weighted by Crippen LogP contribution is 2.32. The Labute approximate surface area is 164 Å². The molecule has 6 heteroatoms. The normalized spacial score (nSPS) is 25.9. The second kappa shape index (κ2) is 7.64. The number of fused-ring (bicyclic) bond motifs is 3. The molecule has 2 atom stereocenters. The number of hydrogen-bond donors (Lipinski definition) is 2. The molecule has 146 valence electrons. The minimum absolute atomic E-state index is 0.0389. The number of nitrogens with two attached hydrogens (primary N) is 1. The van der Waals surface area contributed by atoms with Crippen molar-refractivity contribution in [3.8, 4) is 11.5 Å². The quantitative estimate of drug-likeness (QED) is 0.837. The van der Waals surface area contributed by atoms with Crippen LogP contribution in [0.15, 0.2) is 48.5 Å². The fourth-order valence-corrected chi connectivity index (χ4v) is 4.28. The minimum atomic E-state index is -0.473. The molecule has 2 bridgehead atoms. The van der Waals surface area contributed by atoms with E-state index in [1.807, 2.05) is 0 Å². The van der Waals surface area contributed by atoms with Crippen molar-refractivity contribution >= 4 is 11.8 Å². The predicted octanol–water partition coefficient (Wildman–Crippen LogP) is 2.79. The average Bonchev–Trinajstić information content (AvgIpc) is 2.72. The molecular formula is C22H25N3O3. The summed E-state index contributed by atoms with van der Waals surface area (Å²) in [4.78, 5) is 26.3. The Morgan fingerprint density at radius 3 is 2.00 bits per heavy atom. The number of hydrogen-bond acceptors (Lipinski definition) is 4. The first-order valence-electron chi connectivity index (χ1n) is 9.74. The molecule has 3 N–H and O–H groups in total. The van der Waals surface area contributed by atoms with E-state index in [1.54, 1.807) is 48.5 Å². The van der Waals surface area contributed by atoms with Gasteiger partial charge in [-0.15, -0.1) is 0 Å². The summed E-state index contributed by atoms with van der Waals surface area (Å²) >= 11 is 0. The predicted molar refractivity (Wildman–Crippen MR) is 106 cm³/mol. The van der Waals surface area contributed by atoms with Crippen molar-refractivity contribution in [1.82, 2.24) is 10.2 Å². The van der Waals surface area contributed by atoms with Gasteiger partial charge in [0.15, 0.2) is 0 Å². The van der Waals surface area contributed by atoms with Gasteiger partial charge in [-0.05, 0) is 87.3 Å². The Hall–Kier alpha value is -2.86. The van der Waals surface area contributed by atoms with Crippen molar-refractivity contribution in [1.29, 1.82) is 0 Å². The van der Waals surface area contributed by atoms with Crippen molar-refractivity contribution in [2.45, 2.75) is 31.8 Å². The Bertz CT molecular complexity index is 854. The van der Waals surface area contributed by atoms with Crippen molar-refractivity contribution < 1.29 is 14.3 Å². The summed E-state index contributed by atoms with van der Waals surface area (Å²) in [5.41, 5.74) is 6.29. The third-order valence-electron chi connectivity index (χ3n) is 5.97. The number of benzene rings is 2. The summed E-state index contributed by atoms with van der Waals surface area (Å²) in [6.07, 6.45) is 2.33. The van der Waals surface area contributed by atoms with E-state index in [-0.39, 0.29) is 11.9 Å². The third-order valence-corrected chi connectivity index (χ3v) is 5.97. The van der Waals surface area contributed by atoms with Gasteiger partial charge in [-0.25, -0.2) is 0 Å². The van der Waals surface area contributed by atoms with Gasteiger partial charge >= 0.3 is 0 Å². The maximum Gasteiger partial charge on any atom is 0.251 e. The average molecular weight is 379 g/mol. The molecule has 2 amide bonds. The fourth-order valence-electron chi connectivity index (χ4n) is 4.28. The Balaban J connectivity index is 1.38. The SMILES string of the molecule is C[C@H]1[C@H](NC(=O)c2ccc(Oc3ccc(C(N)=O)cc3)cc2)C2CCN1CC2. The van der Waals surface area contributed by atoms with Crippen LogP contribution in [-0.2, 0) is 0 Å². The van der Waals surface area contributed by atoms with Crippen molar-refractivity contribution in [3.63, 3.8) is 0 Å². The molecule has 6 nitrogen and oxygen atoms in total. The highest BCUT2D eigenvalue weighted by Gasteiger charge is 2.40. The van der Waals surface area contributed by atoms with E-state index in [1.165, 1.54) is 0 Å². The second-order valence-corrected chi connectivity index (χ2v) is 7.63. The Morgan fingerprint density at radius 2 is 1.50 bits per heavy atom. The lowest BCUT2D eigenvalue weighted by Crippen LogP contribution is -2.62. The van der Waals surface area contributed by atoms with Gasteiger partial charge in [0, 0.05) is 23.2 Å². The van der Waals surface area contributed by atoms with E-state index in [0.29, 0.717) is 34.6 Å². The number of rotatable bonds is 5. The highest BCUT2D eigenvalue weighted by atomic mass is 16.5. The molecule has 0 saturated carbocycles. The van der Waals surface area contributed by atoms with Crippen molar-refractivity contribution in [2.24, 2.45) is 11.7 Å². The first-order chi connectivity index (χ1) is 13.5. The van der Waals surface area contributed by atoms with Crippen molar-refractivity contribution in [3.05, 3.63) is 59.7 Å². The van der Waals surface area contributed by atoms with Crippen LogP contribution in [-0.4, -0.2) is 41.9 Å². The van der Waals surface area contributed by atoms with Gasteiger partial charge in [-0.3, -0.25) is 14.5 Å². The topological polar surface area (TPSA) is 84.7 Å². The molecule has 2 aromatic rings. The second-order valence-electron chi connectivity index (χ2n) is 7.63. The van der Waals surface area contributed by atoms with Gasteiger partial charge in [-0.1, -0.05) is 0 Å². The minimum Gasteiger partial charge on any atom is -0.457 e. The highest BCUT2D eigenvalue weighted by molar-refractivity contribution is 5.94. The number of primary amides is 1. The molecule has 3 aliphatic heterocycles. The number of amides is 2. The number of carbonyl (C=O) groups is 2. The van der Waals surface area contributed by atoms with Crippen LogP contribution in [0.1, 0.15) is 40.5 Å². The van der Waals surface area contributed by atoms with Gasteiger partial charge < -0.3 is 15.8 Å². The van der Waals surface area contributed by atoms with Crippen LogP contribution in [0.2, 0.25) is 0 Å². The number of ether oxygens (including phenoxy) is 1. The zero-order valence-corrected chi connectivity index (χ0v) is 15.9. The maximum atomic E-state index is 12.7. The van der Waals surface area contributed by atoms with Crippen LogP contribution < -0.4 is 15.8 Å². The summed E-state index contributed by atoms with van der Waals surface area (Å²) < 4.78 is 5.76. The smallest absolute Gasteiger partial charge is 0.251 e. The molecule has 5 rings (SSSR count). The number of nitrogens with zero attached hydrogens (tertiary/aromatic N) is 1. The Kier molecular flexibility index (Phi) is 5.05. The van der Waals surface area contributed by atoms with Crippen LogP contribution >= 0.6 is 0 Å². The molecule has 2 aromatic carbocycles. The maximum absolute atomic E-state index is 12.7. The fraction of sp³-hybridized carbons (Fsp3) is 0.364. The van der Waals surface area contributed by atoms with E-state index in [4.69, 9.17) is 10.5 Å². The van der Waals surface area contributed by atoms with Gasteiger partial charge in [0.25, 0.3) is 5.91 Å². The summed E-state index contributed by atoms with van der Waals surface area (Å²) in [5.74, 6) is 1.29. The van der Waals surface area contributed by atoms with Crippen molar-refractivity contribution in [2.75, 3.05) is 13.1 Å². The summed E-state index contributed by atoms with van der Waals surface area (Å²) in [6.45, 7) is 4.49. The Morgan fingerprint density at radius 1 is 0.964 bits per heavy atom. The van der Waals surface area contributed by atoms with Crippen LogP contribution in [0.4, 0.5) is 0 Å². The molecule has 0 aromatic heterocycles. The molecule has 0 unspecified atom stereocenters. The lowest BCUT2D eigenvalue weighted by Gasteiger charge is -2.49. The molecule has 3 saturated heterocycles. The van der Waals surface area contributed by atoms with E-state index >= 15 is 0 Å². The lowest BCUT2D eigenvalue weighted by atomic mass is 9.79. The van der Waals surface area contributed by atoms with Gasteiger partial charge in [0.05, 0.1) is 0 Å². The van der Waals surface area contributed by atoms with Gasteiger partial charge in [-0.2, -0.15) is 0 Å². The van der Waals surface area contributed by atoms with Crippen LogP contribution in [0.5, 0.6) is 11.5 Å². The van der Waals surface area contributed by atoms with E-state index in [0.717, 1.165) is 25.9 Å². The largest absolute Gasteiger partial charge is 0.457 e. The monoisotopic (exact) mass is 379 g/mol. The van der Waals surface area contributed by atoms with Crippen LogP contribution in [0.3, 0.4) is 0 Å². The van der Waals surface area contributed by atoms with E-state index in [2.05, 4.69) is 17.1 Å². The summed E-state index contributed by atoms with van der Waals surface area (Å²) in [7, 11) is 0. The third kappa shape index (κ3) is 3.73. The van der Waals surface area contributed by atoms with Gasteiger partial charge in [0.2, 0.25) is 5.91 Å². The van der Waals surface area contributed by atoms with Gasteiger partial charge in [0.1, 0.15) is 11.5 Å². The summed E-state index contributed by atoms with van der Waals surface area (Å²) in [6, 6.07) is 14.3. The molecule has 3 fully saturated rings. The van der Waals surface area contributed by atoms with E-state index < -0.39 is 5.91 Å². The number of piperidine rings is 3. The van der Waals surface area contributed by atoms with Crippen LogP contribution in [0.25, 0.3) is 0 Å². The standard InChI is InChI=1S/C22H25N3O3/c1-14-20(15-10-12-25(14)13-11-15)24-22(27)17-4-8-19(9-5-17)28-18-6-2-16(3-7-18)21(23)26/h2-9,14-15,20H,10-13H2,1H3,(H2,23,26)(H,24,27)/t14-,20-/m0/s1. The first kappa shape index (κ1) is 18.5. The molecule has 3 heterocycles. The van der Waals surface area contributed by atoms with E-state index in [9.17, 15) is 9.59 Å². The zero-order valence-electron chi connectivity index (χ0n) is 15.9. The molecule has 0 radical (unpaired) electrons. The molecule has 0 spiro atoms. The first-order valence-corrected chi connectivity index (χ1v) is 9.74.